The van der Waals surface area contributed by atoms with Crippen molar-refractivity contribution in [3.8, 4) is 6.07 Å². The topological polar surface area (TPSA) is 91.1 Å². The molecule has 1 unspecified atom stereocenters. The van der Waals surface area contributed by atoms with Crippen LogP contribution in [0.15, 0.2) is 16.7 Å². The van der Waals surface area contributed by atoms with Gasteiger partial charge in [0, 0.05) is 25.1 Å². The molecule has 2 heterocycles. The highest BCUT2D eigenvalue weighted by Crippen LogP contribution is 2.30. The van der Waals surface area contributed by atoms with E-state index in [0.29, 0.717) is 15.9 Å². The molecule has 0 aliphatic carbocycles. The Morgan fingerprint density at radius 1 is 1.60 bits per heavy atom. The molecule has 1 aliphatic heterocycles. The number of nitrogens with zero attached hydrogens (tertiary/aromatic N) is 3. The lowest BCUT2D eigenvalue weighted by atomic mass is 10.1. The number of aromatic nitrogens is 1. The molecule has 0 saturated carbocycles. The summed E-state index contributed by atoms with van der Waals surface area (Å²) in [6, 6.07) is 3.42. The lowest BCUT2D eigenvalue weighted by Crippen LogP contribution is -2.26. The van der Waals surface area contributed by atoms with Crippen LogP contribution in [-0.4, -0.2) is 31.6 Å². The molecule has 1 fully saturated rings. The van der Waals surface area contributed by atoms with Gasteiger partial charge in [-0.15, -0.1) is 3.89 Å². The van der Waals surface area contributed by atoms with Gasteiger partial charge in [0.2, 0.25) is 5.91 Å². The molecule has 9 heteroatoms. The molecule has 0 aromatic carbocycles. The van der Waals surface area contributed by atoms with Crippen molar-refractivity contribution in [2.24, 2.45) is 5.92 Å². The largest absolute Gasteiger partial charge is 0.302 e. The van der Waals surface area contributed by atoms with Crippen molar-refractivity contribution < 1.29 is 17.1 Å². The van der Waals surface area contributed by atoms with Gasteiger partial charge in [-0.1, -0.05) is 0 Å². The molecule has 1 aromatic heterocycles. The van der Waals surface area contributed by atoms with Gasteiger partial charge in [0.05, 0.1) is 15.8 Å². The monoisotopic (exact) mass is 361 g/mol. The second kappa shape index (κ2) is 5.46. The SMILES string of the molecule is N#Cc1cnc(N2CC(CS(=O)(=O)F)CC2=O)c(Br)c1. The minimum absolute atomic E-state index is 0.0444. The molecule has 0 radical (unpaired) electrons. The lowest BCUT2D eigenvalue weighted by Gasteiger charge is -2.16. The van der Waals surface area contributed by atoms with Gasteiger partial charge in [-0.2, -0.15) is 13.7 Å². The predicted molar refractivity (Wildman–Crippen MR) is 72.0 cm³/mol. The maximum absolute atomic E-state index is 12.7. The van der Waals surface area contributed by atoms with Crippen molar-refractivity contribution in [2.45, 2.75) is 6.42 Å². The van der Waals surface area contributed by atoms with Crippen LogP contribution >= 0.6 is 15.9 Å². The number of rotatable bonds is 3. The number of amides is 1. The van der Waals surface area contributed by atoms with Gasteiger partial charge in [-0.3, -0.25) is 9.69 Å². The number of carbonyl (C=O) groups excluding carboxylic acids is 1. The highest BCUT2D eigenvalue weighted by atomic mass is 79.9. The minimum atomic E-state index is -4.61. The third kappa shape index (κ3) is 3.32. The Morgan fingerprint density at radius 2 is 2.30 bits per heavy atom. The zero-order valence-corrected chi connectivity index (χ0v) is 12.5. The first-order valence-corrected chi connectivity index (χ1v) is 7.93. The number of nitriles is 1. The van der Waals surface area contributed by atoms with Gasteiger partial charge in [-0.25, -0.2) is 4.98 Å². The van der Waals surface area contributed by atoms with Gasteiger partial charge in [0.1, 0.15) is 11.9 Å². The molecule has 0 N–H and O–H groups in total. The number of carbonyl (C=O) groups is 1. The van der Waals surface area contributed by atoms with E-state index >= 15 is 0 Å². The lowest BCUT2D eigenvalue weighted by molar-refractivity contribution is -0.117. The van der Waals surface area contributed by atoms with Crippen molar-refractivity contribution in [2.75, 3.05) is 17.2 Å². The van der Waals surface area contributed by atoms with Crippen LogP contribution in [-0.2, 0) is 15.0 Å². The number of pyridine rings is 1. The molecule has 0 spiro atoms. The van der Waals surface area contributed by atoms with Crippen LogP contribution in [0.25, 0.3) is 0 Å². The Balaban J connectivity index is 2.22. The van der Waals surface area contributed by atoms with Crippen LogP contribution in [0.4, 0.5) is 9.70 Å². The van der Waals surface area contributed by atoms with Gasteiger partial charge >= 0.3 is 10.2 Å². The molecular formula is C11H9BrFN3O3S. The van der Waals surface area contributed by atoms with E-state index in [0.717, 1.165) is 0 Å². The Labute approximate surface area is 123 Å². The molecule has 1 amide bonds. The molecule has 1 aromatic rings. The third-order valence-electron chi connectivity index (χ3n) is 2.85. The molecule has 20 heavy (non-hydrogen) atoms. The average molecular weight is 362 g/mol. The second-order valence-electron chi connectivity index (χ2n) is 4.42. The van der Waals surface area contributed by atoms with Crippen LogP contribution in [0, 0.1) is 17.2 Å². The fraction of sp³-hybridized carbons (Fsp3) is 0.364. The highest BCUT2D eigenvalue weighted by molar-refractivity contribution is 9.10. The van der Waals surface area contributed by atoms with Crippen molar-refractivity contribution in [3.05, 3.63) is 22.3 Å². The fourth-order valence-corrected chi connectivity index (χ4v) is 3.42. The Hall–Kier alpha value is -1.53. The molecule has 1 aliphatic rings. The minimum Gasteiger partial charge on any atom is -0.296 e. The molecule has 1 atom stereocenters. The van der Waals surface area contributed by atoms with Crippen molar-refractivity contribution in [1.29, 1.82) is 5.26 Å². The van der Waals surface area contributed by atoms with E-state index in [4.69, 9.17) is 5.26 Å². The smallest absolute Gasteiger partial charge is 0.296 e. The fourth-order valence-electron chi connectivity index (χ4n) is 2.07. The summed E-state index contributed by atoms with van der Waals surface area (Å²) in [6.07, 6.45) is 1.27. The van der Waals surface area contributed by atoms with E-state index in [2.05, 4.69) is 20.9 Å². The first kappa shape index (κ1) is 14.9. The summed E-state index contributed by atoms with van der Waals surface area (Å²) in [6.45, 7) is 0.0828. The van der Waals surface area contributed by atoms with Crippen molar-refractivity contribution in [3.63, 3.8) is 0 Å². The molecule has 1 saturated heterocycles. The molecule has 2 rings (SSSR count). The summed E-state index contributed by atoms with van der Waals surface area (Å²) < 4.78 is 34.4. The summed E-state index contributed by atoms with van der Waals surface area (Å²) in [5.74, 6) is -1.30. The van der Waals surface area contributed by atoms with Gasteiger partial charge in [0.25, 0.3) is 0 Å². The maximum Gasteiger partial charge on any atom is 0.302 e. The van der Waals surface area contributed by atoms with E-state index in [-0.39, 0.29) is 18.9 Å². The summed E-state index contributed by atoms with van der Waals surface area (Å²) in [7, 11) is -4.61. The quantitative estimate of drug-likeness (QED) is 0.758. The standard InChI is InChI=1S/C11H9BrFN3O3S/c12-9-1-7(3-14)4-15-11(9)16-5-8(2-10(16)17)6-20(13,18)19/h1,4,8H,2,5-6H2. The number of hydrogen-bond acceptors (Lipinski definition) is 5. The number of halogens is 2. The third-order valence-corrected chi connectivity index (χ3v) is 4.30. The van der Waals surface area contributed by atoms with E-state index in [1.165, 1.54) is 17.2 Å². The first-order valence-electron chi connectivity index (χ1n) is 5.58. The van der Waals surface area contributed by atoms with Crippen LogP contribution < -0.4 is 4.90 Å². The van der Waals surface area contributed by atoms with E-state index in [9.17, 15) is 17.1 Å². The molecule has 106 valence electrons. The van der Waals surface area contributed by atoms with E-state index in [1.54, 1.807) is 0 Å². The normalized spacial score (nSPS) is 19.1. The van der Waals surface area contributed by atoms with Gasteiger partial charge in [0.15, 0.2) is 0 Å². The number of hydrogen-bond donors (Lipinski definition) is 0. The Bertz CT molecular complexity index is 701. The maximum atomic E-state index is 12.7. The van der Waals surface area contributed by atoms with Crippen LogP contribution in [0.2, 0.25) is 0 Å². The van der Waals surface area contributed by atoms with Crippen molar-refractivity contribution >= 4 is 37.9 Å². The average Bonchev–Trinajstić information content (AvgIpc) is 2.67. The summed E-state index contributed by atoms with van der Waals surface area (Å²) in [4.78, 5) is 17.2. The summed E-state index contributed by atoms with van der Waals surface area (Å²) in [5, 5.41) is 8.74. The van der Waals surface area contributed by atoms with Gasteiger partial charge in [-0.05, 0) is 22.0 Å². The Kier molecular flexibility index (Phi) is 4.06. The molecule has 0 bridgehead atoms. The number of anilines is 1. The van der Waals surface area contributed by atoms with Gasteiger partial charge < -0.3 is 0 Å². The first-order chi connectivity index (χ1) is 9.30. The van der Waals surface area contributed by atoms with Crippen LogP contribution in [0.3, 0.4) is 0 Å². The molecular weight excluding hydrogens is 353 g/mol. The van der Waals surface area contributed by atoms with Crippen LogP contribution in [0.1, 0.15) is 12.0 Å². The molecule has 6 nitrogen and oxygen atoms in total. The predicted octanol–water partition coefficient (Wildman–Crippen LogP) is 1.37. The van der Waals surface area contributed by atoms with Crippen LogP contribution in [0.5, 0.6) is 0 Å². The second-order valence-corrected chi connectivity index (χ2v) is 6.69. The highest BCUT2D eigenvalue weighted by Gasteiger charge is 2.35. The van der Waals surface area contributed by atoms with Crippen molar-refractivity contribution in [1.82, 2.24) is 4.98 Å². The summed E-state index contributed by atoms with van der Waals surface area (Å²) in [5.41, 5.74) is 0.329. The van der Waals surface area contributed by atoms with E-state index in [1.807, 2.05) is 6.07 Å². The zero-order chi connectivity index (χ0) is 14.9. The Morgan fingerprint density at radius 3 is 2.85 bits per heavy atom. The summed E-state index contributed by atoms with van der Waals surface area (Å²) >= 11 is 3.21. The zero-order valence-electron chi connectivity index (χ0n) is 10.1. The van der Waals surface area contributed by atoms with E-state index < -0.39 is 21.9 Å².